The molecule has 6 heteroatoms. The molecule has 2 heterocycles. The van der Waals surface area contributed by atoms with Crippen LogP contribution in [0.4, 0.5) is 0 Å². The van der Waals surface area contributed by atoms with Crippen LogP contribution in [0, 0.1) is 0 Å². The largest absolute Gasteiger partial charge is 0.314 e. The maximum Gasteiger partial charge on any atom is 0.214 e. The fourth-order valence-corrected chi connectivity index (χ4v) is 4.46. The summed E-state index contributed by atoms with van der Waals surface area (Å²) in [6.07, 6.45) is 2.69. The van der Waals surface area contributed by atoms with Crippen LogP contribution >= 0.6 is 0 Å². The number of sulfonamides is 1. The standard InChI is InChI=1S/C12H25N3O2S/c1-2-11-18(16,17)15-7-3-12(4-8-15)14-9-5-13-6-10-14/h12-13H,2-11H2,1H3. The summed E-state index contributed by atoms with van der Waals surface area (Å²) < 4.78 is 25.6. The second-order valence-corrected chi connectivity index (χ2v) is 7.32. The van der Waals surface area contributed by atoms with E-state index < -0.39 is 10.0 Å². The fraction of sp³-hybridized carbons (Fsp3) is 1.00. The predicted molar refractivity (Wildman–Crippen MR) is 73.1 cm³/mol. The smallest absolute Gasteiger partial charge is 0.214 e. The average molecular weight is 275 g/mol. The summed E-state index contributed by atoms with van der Waals surface area (Å²) in [5.74, 6) is 0.297. The highest BCUT2D eigenvalue weighted by Gasteiger charge is 2.30. The van der Waals surface area contributed by atoms with Crippen molar-refractivity contribution in [2.45, 2.75) is 32.2 Å². The van der Waals surface area contributed by atoms with E-state index in [2.05, 4.69) is 10.2 Å². The van der Waals surface area contributed by atoms with E-state index in [-0.39, 0.29) is 0 Å². The molecule has 2 aliphatic rings. The Morgan fingerprint density at radius 1 is 1.11 bits per heavy atom. The van der Waals surface area contributed by atoms with Crippen LogP contribution in [-0.4, -0.2) is 68.7 Å². The van der Waals surface area contributed by atoms with Crippen LogP contribution in [0.2, 0.25) is 0 Å². The molecule has 0 aliphatic carbocycles. The van der Waals surface area contributed by atoms with Gasteiger partial charge in [0.15, 0.2) is 0 Å². The van der Waals surface area contributed by atoms with Gasteiger partial charge in [0.25, 0.3) is 0 Å². The summed E-state index contributed by atoms with van der Waals surface area (Å²) in [6.45, 7) is 7.67. The van der Waals surface area contributed by atoms with Crippen LogP contribution in [0.5, 0.6) is 0 Å². The molecule has 0 radical (unpaired) electrons. The number of piperazine rings is 1. The number of nitrogens with one attached hydrogen (secondary N) is 1. The van der Waals surface area contributed by atoms with Crippen molar-refractivity contribution in [3.63, 3.8) is 0 Å². The lowest BCUT2D eigenvalue weighted by Crippen LogP contribution is -2.52. The molecule has 2 fully saturated rings. The van der Waals surface area contributed by atoms with Crippen molar-refractivity contribution in [2.24, 2.45) is 0 Å². The molecule has 0 aromatic carbocycles. The molecule has 5 nitrogen and oxygen atoms in total. The maximum atomic E-state index is 12.0. The molecule has 2 saturated heterocycles. The first-order chi connectivity index (χ1) is 8.63. The number of hydrogen-bond donors (Lipinski definition) is 1. The highest BCUT2D eigenvalue weighted by Crippen LogP contribution is 2.19. The van der Waals surface area contributed by atoms with E-state index in [1.807, 2.05) is 6.92 Å². The third kappa shape index (κ3) is 3.44. The normalized spacial score (nSPS) is 25.4. The molecule has 0 atom stereocenters. The Bertz CT molecular complexity index is 344. The van der Waals surface area contributed by atoms with Crippen molar-refractivity contribution in [2.75, 3.05) is 45.0 Å². The molecule has 0 aromatic heterocycles. The minimum atomic E-state index is -2.99. The lowest BCUT2D eigenvalue weighted by Gasteiger charge is -2.39. The van der Waals surface area contributed by atoms with Gasteiger partial charge in [-0.05, 0) is 19.3 Å². The molecule has 0 amide bonds. The molecular weight excluding hydrogens is 250 g/mol. The Morgan fingerprint density at radius 3 is 2.28 bits per heavy atom. The van der Waals surface area contributed by atoms with Crippen LogP contribution in [0.3, 0.4) is 0 Å². The van der Waals surface area contributed by atoms with Gasteiger partial charge in [0, 0.05) is 45.3 Å². The number of hydrogen-bond acceptors (Lipinski definition) is 4. The maximum absolute atomic E-state index is 12.0. The Labute approximate surface area is 111 Å². The van der Waals surface area contributed by atoms with Crippen molar-refractivity contribution < 1.29 is 8.42 Å². The van der Waals surface area contributed by atoms with Gasteiger partial charge in [-0.3, -0.25) is 4.90 Å². The highest BCUT2D eigenvalue weighted by atomic mass is 32.2. The van der Waals surface area contributed by atoms with Crippen LogP contribution in [0.25, 0.3) is 0 Å². The van der Waals surface area contributed by atoms with Gasteiger partial charge in [-0.25, -0.2) is 12.7 Å². The van der Waals surface area contributed by atoms with E-state index in [9.17, 15) is 8.42 Å². The zero-order valence-electron chi connectivity index (χ0n) is 11.3. The molecule has 106 valence electrons. The Kier molecular flexibility index (Phi) is 5.00. The third-order valence-corrected chi connectivity index (χ3v) is 6.02. The minimum absolute atomic E-state index is 0.297. The summed E-state index contributed by atoms with van der Waals surface area (Å²) in [6, 6.07) is 0.583. The zero-order valence-corrected chi connectivity index (χ0v) is 12.1. The van der Waals surface area contributed by atoms with Gasteiger partial charge in [-0.1, -0.05) is 6.92 Å². The molecular formula is C12H25N3O2S. The monoisotopic (exact) mass is 275 g/mol. The average Bonchev–Trinajstić information content (AvgIpc) is 2.40. The van der Waals surface area contributed by atoms with E-state index >= 15 is 0 Å². The highest BCUT2D eigenvalue weighted by molar-refractivity contribution is 7.89. The van der Waals surface area contributed by atoms with Crippen molar-refractivity contribution in [3.8, 4) is 0 Å². The number of piperidine rings is 1. The second-order valence-electron chi connectivity index (χ2n) is 5.23. The van der Waals surface area contributed by atoms with Gasteiger partial charge < -0.3 is 5.32 Å². The number of rotatable bonds is 4. The molecule has 0 bridgehead atoms. The quantitative estimate of drug-likeness (QED) is 0.790. The SMILES string of the molecule is CCCS(=O)(=O)N1CCC(N2CCNCC2)CC1. The fourth-order valence-electron chi connectivity index (χ4n) is 2.92. The zero-order chi connectivity index (χ0) is 13.0. The van der Waals surface area contributed by atoms with Crippen molar-refractivity contribution >= 4 is 10.0 Å². The molecule has 2 aliphatic heterocycles. The summed E-state index contributed by atoms with van der Waals surface area (Å²) in [5, 5.41) is 3.36. The van der Waals surface area contributed by atoms with Crippen LogP contribution < -0.4 is 5.32 Å². The summed E-state index contributed by atoms with van der Waals surface area (Å²) in [4.78, 5) is 2.51. The van der Waals surface area contributed by atoms with Crippen molar-refractivity contribution in [1.82, 2.24) is 14.5 Å². The first-order valence-electron chi connectivity index (χ1n) is 7.06. The Balaban J connectivity index is 1.84. The summed E-state index contributed by atoms with van der Waals surface area (Å²) in [7, 11) is -2.99. The van der Waals surface area contributed by atoms with E-state index in [0.29, 0.717) is 31.3 Å². The molecule has 0 aromatic rings. The van der Waals surface area contributed by atoms with E-state index in [1.54, 1.807) is 4.31 Å². The van der Waals surface area contributed by atoms with Crippen molar-refractivity contribution in [3.05, 3.63) is 0 Å². The van der Waals surface area contributed by atoms with Gasteiger partial charge >= 0.3 is 0 Å². The molecule has 0 unspecified atom stereocenters. The van der Waals surface area contributed by atoms with Crippen LogP contribution in [0.15, 0.2) is 0 Å². The summed E-state index contributed by atoms with van der Waals surface area (Å²) >= 11 is 0. The first-order valence-corrected chi connectivity index (χ1v) is 8.67. The minimum Gasteiger partial charge on any atom is -0.314 e. The number of nitrogens with zero attached hydrogens (tertiary/aromatic N) is 2. The Morgan fingerprint density at radius 2 is 1.72 bits per heavy atom. The van der Waals surface area contributed by atoms with E-state index in [0.717, 1.165) is 39.0 Å². The van der Waals surface area contributed by atoms with E-state index in [1.165, 1.54) is 0 Å². The predicted octanol–water partition coefficient (Wildman–Crippen LogP) is 0.0958. The van der Waals surface area contributed by atoms with Gasteiger partial charge in [-0.15, -0.1) is 0 Å². The third-order valence-electron chi connectivity index (χ3n) is 3.95. The first kappa shape index (κ1) is 14.2. The summed E-state index contributed by atoms with van der Waals surface area (Å²) in [5.41, 5.74) is 0. The van der Waals surface area contributed by atoms with Gasteiger partial charge in [0.1, 0.15) is 0 Å². The molecule has 0 saturated carbocycles. The Hall–Kier alpha value is -0.170. The van der Waals surface area contributed by atoms with Crippen molar-refractivity contribution in [1.29, 1.82) is 0 Å². The van der Waals surface area contributed by atoms with Crippen LogP contribution in [0.1, 0.15) is 26.2 Å². The van der Waals surface area contributed by atoms with E-state index in [4.69, 9.17) is 0 Å². The van der Waals surface area contributed by atoms with Gasteiger partial charge in [0.05, 0.1) is 5.75 Å². The van der Waals surface area contributed by atoms with Gasteiger partial charge in [0.2, 0.25) is 10.0 Å². The van der Waals surface area contributed by atoms with Crippen LogP contribution in [-0.2, 0) is 10.0 Å². The lowest BCUT2D eigenvalue weighted by atomic mass is 10.0. The lowest BCUT2D eigenvalue weighted by molar-refractivity contribution is 0.125. The molecule has 1 N–H and O–H groups in total. The topological polar surface area (TPSA) is 52.7 Å². The molecule has 0 spiro atoms. The second kappa shape index (κ2) is 6.32. The molecule has 2 rings (SSSR count). The van der Waals surface area contributed by atoms with Gasteiger partial charge in [-0.2, -0.15) is 0 Å². The molecule has 18 heavy (non-hydrogen) atoms.